The maximum absolute atomic E-state index is 11.5. The lowest BCUT2D eigenvalue weighted by molar-refractivity contribution is 0.0527. The topological polar surface area (TPSA) is 65.2 Å². The van der Waals surface area contributed by atoms with Crippen molar-refractivity contribution in [1.29, 1.82) is 0 Å². The molecule has 0 unspecified atom stereocenters. The number of anilines is 1. The van der Waals surface area contributed by atoms with E-state index in [4.69, 9.17) is 10.5 Å². The van der Waals surface area contributed by atoms with Crippen LogP contribution in [0.3, 0.4) is 0 Å². The molecule has 0 aliphatic heterocycles. The van der Waals surface area contributed by atoms with E-state index in [0.717, 1.165) is 18.5 Å². The van der Waals surface area contributed by atoms with Gasteiger partial charge < -0.3 is 10.5 Å². The molecule has 2 N–H and O–H groups in total. The Hall–Kier alpha value is -1.58. The van der Waals surface area contributed by atoms with Crippen LogP contribution in [0.2, 0.25) is 0 Å². The van der Waals surface area contributed by atoms with Crippen LogP contribution >= 0.6 is 0 Å². The van der Waals surface area contributed by atoms with E-state index in [1.165, 1.54) is 0 Å². The van der Waals surface area contributed by atoms with Crippen molar-refractivity contribution >= 4 is 11.7 Å². The van der Waals surface area contributed by atoms with E-state index >= 15 is 0 Å². The normalized spacial score (nSPS) is 15.0. The first-order valence-corrected chi connectivity index (χ1v) is 5.15. The van der Waals surface area contributed by atoms with Gasteiger partial charge in [0.05, 0.1) is 24.1 Å². The molecule has 15 heavy (non-hydrogen) atoms. The molecule has 0 bridgehead atoms. The Morgan fingerprint density at radius 2 is 2.40 bits per heavy atom. The second-order valence-corrected chi connectivity index (χ2v) is 3.69. The number of ether oxygens (including phenoxy) is 1. The molecule has 0 aromatic carbocycles. The number of nitrogens with two attached hydrogens (primary N) is 1. The summed E-state index contributed by atoms with van der Waals surface area (Å²) in [5, 5.41) is 0. The minimum Gasteiger partial charge on any atom is -0.462 e. The predicted octanol–water partition coefficient (Wildman–Crippen LogP) is 1.72. The summed E-state index contributed by atoms with van der Waals surface area (Å²) < 4.78 is 4.92. The Bertz CT molecular complexity index is 386. The van der Waals surface area contributed by atoms with Gasteiger partial charge in [-0.05, 0) is 25.8 Å². The minimum atomic E-state index is -0.362. The van der Waals surface area contributed by atoms with Gasteiger partial charge >= 0.3 is 5.97 Å². The van der Waals surface area contributed by atoms with Gasteiger partial charge in [0.1, 0.15) is 0 Å². The summed E-state index contributed by atoms with van der Waals surface area (Å²) >= 11 is 0. The lowest BCUT2D eigenvalue weighted by Gasteiger charge is -2.06. The first-order valence-electron chi connectivity index (χ1n) is 5.15. The molecule has 80 valence electrons. The van der Waals surface area contributed by atoms with E-state index in [1.54, 1.807) is 19.2 Å². The molecule has 1 aromatic rings. The van der Waals surface area contributed by atoms with E-state index in [9.17, 15) is 4.79 Å². The fourth-order valence-corrected chi connectivity index (χ4v) is 1.47. The second kappa shape index (κ2) is 3.88. The number of carbonyl (C=O) groups excluding carboxylic acids is 1. The number of esters is 1. The van der Waals surface area contributed by atoms with Gasteiger partial charge in [0.2, 0.25) is 0 Å². The summed E-state index contributed by atoms with van der Waals surface area (Å²) in [6.45, 7) is 2.14. The van der Waals surface area contributed by atoms with Crippen molar-refractivity contribution in [2.75, 3.05) is 12.3 Å². The number of hydrogen-bond donors (Lipinski definition) is 1. The molecule has 1 aromatic heterocycles. The van der Waals surface area contributed by atoms with Crippen molar-refractivity contribution < 1.29 is 9.53 Å². The van der Waals surface area contributed by atoms with Crippen molar-refractivity contribution in [3.05, 3.63) is 23.5 Å². The summed E-state index contributed by atoms with van der Waals surface area (Å²) in [5.41, 5.74) is 7.45. The number of hydrogen-bond acceptors (Lipinski definition) is 4. The molecule has 1 saturated carbocycles. The van der Waals surface area contributed by atoms with Gasteiger partial charge in [-0.3, -0.25) is 4.98 Å². The highest BCUT2D eigenvalue weighted by atomic mass is 16.5. The highest BCUT2D eigenvalue weighted by Gasteiger charge is 2.26. The second-order valence-electron chi connectivity index (χ2n) is 3.69. The zero-order valence-electron chi connectivity index (χ0n) is 8.69. The molecule has 0 amide bonds. The lowest BCUT2D eigenvalue weighted by atomic mass is 10.1. The quantitative estimate of drug-likeness (QED) is 0.765. The number of nitrogens with zero attached hydrogens (tertiary/aromatic N) is 1. The molecule has 4 nitrogen and oxygen atoms in total. The van der Waals surface area contributed by atoms with Gasteiger partial charge in [-0.25, -0.2) is 4.79 Å². The lowest BCUT2D eigenvalue weighted by Crippen LogP contribution is -2.09. The van der Waals surface area contributed by atoms with Crippen molar-refractivity contribution in [2.24, 2.45) is 0 Å². The third-order valence-electron chi connectivity index (χ3n) is 2.45. The fraction of sp³-hybridized carbons (Fsp3) is 0.455. The van der Waals surface area contributed by atoms with Gasteiger partial charge in [-0.1, -0.05) is 0 Å². The molecule has 1 heterocycles. The van der Waals surface area contributed by atoms with Gasteiger partial charge in [0.15, 0.2) is 0 Å². The molecule has 0 radical (unpaired) electrons. The van der Waals surface area contributed by atoms with Crippen LogP contribution in [0.15, 0.2) is 12.3 Å². The molecular weight excluding hydrogens is 192 g/mol. The van der Waals surface area contributed by atoms with Gasteiger partial charge in [0, 0.05) is 11.6 Å². The van der Waals surface area contributed by atoms with E-state index in [-0.39, 0.29) is 5.97 Å². The van der Waals surface area contributed by atoms with Crippen molar-refractivity contribution in [2.45, 2.75) is 25.7 Å². The summed E-state index contributed by atoms with van der Waals surface area (Å²) in [7, 11) is 0. The minimum absolute atomic E-state index is 0.360. The monoisotopic (exact) mass is 206 g/mol. The highest BCUT2D eigenvalue weighted by Crippen LogP contribution is 2.39. The summed E-state index contributed by atoms with van der Waals surface area (Å²) in [6.07, 6.45) is 3.85. The maximum atomic E-state index is 11.5. The standard InChI is InChI=1S/C11H14N2O2/c1-2-15-11(14)8-5-10(7-3-4-7)13-6-9(8)12/h5-7H,2-4,12H2,1H3. The molecule has 1 aliphatic carbocycles. The van der Waals surface area contributed by atoms with Crippen LogP contribution in [0.5, 0.6) is 0 Å². The average Bonchev–Trinajstić information content (AvgIpc) is 3.02. The van der Waals surface area contributed by atoms with Crippen LogP contribution in [-0.4, -0.2) is 17.6 Å². The Morgan fingerprint density at radius 3 is 3.00 bits per heavy atom. The predicted molar refractivity (Wildman–Crippen MR) is 56.6 cm³/mol. The fourth-order valence-electron chi connectivity index (χ4n) is 1.47. The highest BCUT2D eigenvalue weighted by molar-refractivity contribution is 5.94. The Kier molecular flexibility index (Phi) is 2.58. The zero-order chi connectivity index (χ0) is 10.8. The Morgan fingerprint density at radius 1 is 1.67 bits per heavy atom. The number of aromatic nitrogens is 1. The van der Waals surface area contributed by atoms with Crippen LogP contribution in [0, 0.1) is 0 Å². The molecular formula is C11H14N2O2. The number of rotatable bonds is 3. The van der Waals surface area contributed by atoms with Crippen LogP contribution in [0.4, 0.5) is 5.69 Å². The van der Waals surface area contributed by atoms with Crippen LogP contribution < -0.4 is 5.73 Å². The maximum Gasteiger partial charge on any atom is 0.340 e. The van der Waals surface area contributed by atoms with E-state index in [1.807, 2.05) is 0 Å². The number of pyridine rings is 1. The van der Waals surface area contributed by atoms with E-state index < -0.39 is 0 Å². The Balaban J connectivity index is 2.27. The van der Waals surface area contributed by atoms with Crippen molar-refractivity contribution in [1.82, 2.24) is 4.98 Å². The largest absolute Gasteiger partial charge is 0.462 e. The van der Waals surface area contributed by atoms with E-state index in [2.05, 4.69) is 4.98 Å². The first-order chi connectivity index (χ1) is 7.22. The molecule has 4 heteroatoms. The third-order valence-corrected chi connectivity index (χ3v) is 2.45. The van der Waals surface area contributed by atoms with Crippen LogP contribution in [0.25, 0.3) is 0 Å². The SMILES string of the molecule is CCOC(=O)c1cc(C2CC2)ncc1N. The molecule has 0 spiro atoms. The first kappa shape index (κ1) is 9.96. The molecule has 1 aliphatic rings. The third kappa shape index (κ3) is 2.09. The van der Waals surface area contributed by atoms with E-state index in [0.29, 0.717) is 23.8 Å². The molecule has 0 atom stereocenters. The van der Waals surface area contributed by atoms with Crippen LogP contribution in [0.1, 0.15) is 41.7 Å². The van der Waals surface area contributed by atoms with Gasteiger partial charge in [-0.2, -0.15) is 0 Å². The average molecular weight is 206 g/mol. The van der Waals surface area contributed by atoms with Crippen molar-refractivity contribution in [3.63, 3.8) is 0 Å². The molecule has 2 rings (SSSR count). The smallest absolute Gasteiger partial charge is 0.340 e. The molecule has 0 saturated heterocycles. The Labute approximate surface area is 88.4 Å². The molecule has 1 fully saturated rings. The zero-order valence-corrected chi connectivity index (χ0v) is 8.69. The number of nitrogen functional groups attached to an aromatic ring is 1. The summed E-state index contributed by atoms with van der Waals surface area (Å²) in [4.78, 5) is 15.7. The van der Waals surface area contributed by atoms with Crippen LogP contribution in [-0.2, 0) is 4.74 Å². The summed E-state index contributed by atoms with van der Waals surface area (Å²) in [6, 6.07) is 1.75. The van der Waals surface area contributed by atoms with Gasteiger partial charge in [-0.15, -0.1) is 0 Å². The van der Waals surface area contributed by atoms with Crippen molar-refractivity contribution in [3.8, 4) is 0 Å². The summed E-state index contributed by atoms with van der Waals surface area (Å²) in [5.74, 6) is 0.151. The van der Waals surface area contributed by atoms with Gasteiger partial charge in [0.25, 0.3) is 0 Å². The number of carbonyl (C=O) groups is 1.